The van der Waals surface area contributed by atoms with Gasteiger partial charge in [0.1, 0.15) is 5.75 Å². The van der Waals surface area contributed by atoms with E-state index in [9.17, 15) is 4.79 Å². The molecule has 1 aliphatic rings. The zero-order valence-electron chi connectivity index (χ0n) is 15.7. The first-order valence-electron chi connectivity index (χ1n) is 9.10. The van der Waals surface area contributed by atoms with Crippen LogP contribution in [0.4, 0.5) is 11.6 Å². The molecule has 1 aliphatic carbocycles. The third-order valence-corrected chi connectivity index (χ3v) is 5.25. The van der Waals surface area contributed by atoms with E-state index in [1.165, 1.54) is 0 Å². The van der Waals surface area contributed by atoms with Gasteiger partial charge in [-0.1, -0.05) is 23.7 Å². The number of nitrogens with one attached hydrogen (secondary N) is 1. The lowest BCUT2D eigenvalue weighted by Crippen LogP contribution is -2.22. The highest BCUT2D eigenvalue weighted by Gasteiger charge is 2.29. The number of carbonyl (C=O) groups excluding carboxylic acids is 1. The maximum absolute atomic E-state index is 12.8. The quantitative estimate of drug-likeness (QED) is 0.667. The van der Waals surface area contributed by atoms with E-state index < -0.39 is 0 Å². The van der Waals surface area contributed by atoms with Gasteiger partial charge in [0.05, 0.1) is 24.1 Å². The molecule has 0 spiro atoms. The molecule has 1 heterocycles. The van der Waals surface area contributed by atoms with Crippen LogP contribution in [0.15, 0.2) is 48.5 Å². The minimum absolute atomic E-state index is 0.0923. The molecule has 6 heteroatoms. The maximum Gasteiger partial charge on any atom is 0.227 e. The smallest absolute Gasteiger partial charge is 0.227 e. The number of methoxy groups -OCH3 is 1. The molecule has 0 radical (unpaired) electrons. The standard InChI is InChI=1S/C22H20ClN3O2/c1-13-21-19(11-15(12-20(21)27)14-3-5-16(23)6-4-14)26-22(24-13)25-17-7-9-18(28-2)10-8-17/h3-10,15H,11-12H2,1-2H3,(H,24,25,26)/t15-/m0/s1. The zero-order valence-corrected chi connectivity index (χ0v) is 16.5. The van der Waals surface area contributed by atoms with Crippen LogP contribution in [-0.4, -0.2) is 22.9 Å². The van der Waals surface area contributed by atoms with E-state index in [1.807, 2.05) is 55.5 Å². The average Bonchev–Trinajstić information content (AvgIpc) is 2.68. The number of carbonyl (C=O) groups is 1. The van der Waals surface area contributed by atoms with Crippen LogP contribution in [0.25, 0.3) is 0 Å². The lowest BCUT2D eigenvalue weighted by molar-refractivity contribution is 0.0962. The summed E-state index contributed by atoms with van der Waals surface area (Å²) in [6.45, 7) is 1.86. The number of hydrogen-bond acceptors (Lipinski definition) is 5. The van der Waals surface area contributed by atoms with Gasteiger partial charge in [-0.05, 0) is 61.2 Å². The van der Waals surface area contributed by atoms with E-state index in [2.05, 4.69) is 15.3 Å². The number of halogens is 1. The van der Waals surface area contributed by atoms with E-state index in [0.29, 0.717) is 35.1 Å². The van der Waals surface area contributed by atoms with Crippen molar-refractivity contribution in [2.45, 2.75) is 25.7 Å². The first kappa shape index (κ1) is 18.4. The van der Waals surface area contributed by atoms with Gasteiger partial charge in [0.25, 0.3) is 0 Å². The molecule has 142 valence electrons. The second-order valence-electron chi connectivity index (χ2n) is 6.89. The largest absolute Gasteiger partial charge is 0.497 e. The molecule has 4 rings (SSSR count). The first-order chi connectivity index (χ1) is 13.5. The van der Waals surface area contributed by atoms with Crippen LogP contribution in [0.5, 0.6) is 5.75 Å². The Morgan fingerprint density at radius 3 is 2.43 bits per heavy atom. The summed E-state index contributed by atoms with van der Waals surface area (Å²) in [5.74, 6) is 1.46. The Labute approximate surface area is 168 Å². The van der Waals surface area contributed by atoms with Crippen LogP contribution in [0, 0.1) is 6.92 Å². The van der Waals surface area contributed by atoms with Crippen LogP contribution in [0.3, 0.4) is 0 Å². The lowest BCUT2D eigenvalue weighted by atomic mass is 9.81. The number of aryl methyl sites for hydroxylation is 1. The number of aromatic nitrogens is 2. The van der Waals surface area contributed by atoms with E-state index in [-0.39, 0.29) is 11.7 Å². The summed E-state index contributed by atoms with van der Waals surface area (Å²) in [6.07, 6.45) is 1.16. The second-order valence-corrected chi connectivity index (χ2v) is 7.32. The topological polar surface area (TPSA) is 64.1 Å². The zero-order chi connectivity index (χ0) is 19.7. The van der Waals surface area contributed by atoms with Gasteiger partial charge in [0.15, 0.2) is 5.78 Å². The van der Waals surface area contributed by atoms with Gasteiger partial charge in [-0.3, -0.25) is 4.79 Å². The van der Waals surface area contributed by atoms with Crippen molar-refractivity contribution in [3.8, 4) is 5.75 Å². The number of Topliss-reactive ketones (excluding diaryl/α,β-unsaturated/α-hetero) is 1. The highest BCUT2D eigenvalue weighted by molar-refractivity contribution is 6.30. The van der Waals surface area contributed by atoms with Crippen LogP contribution in [0.1, 0.15) is 39.6 Å². The van der Waals surface area contributed by atoms with Crippen molar-refractivity contribution in [2.75, 3.05) is 12.4 Å². The number of nitrogens with zero attached hydrogens (tertiary/aromatic N) is 2. The Bertz CT molecular complexity index is 1020. The Kier molecular flexibility index (Phi) is 5.01. The van der Waals surface area contributed by atoms with Crippen molar-refractivity contribution < 1.29 is 9.53 Å². The van der Waals surface area contributed by atoms with Crippen molar-refractivity contribution in [3.05, 3.63) is 76.1 Å². The number of anilines is 2. The average molecular weight is 394 g/mol. The number of ketones is 1. The first-order valence-corrected chi connectivity index (χ1v) is 9.48. The van der Waals surface area contributed by atoms with Crippen molar-refractivity contribution >= 4 is 29.0 Å². The molecule has 28 heavy (non-hydrogen) atoms. The van der Waals surface area contributed by atoms with Gasteiger partial charge >= 0.3 is 0 Å². The number of ether oxygens (including phenoxy) is 1. The van der Waals surface area contributed by atoms with Gasteiger partial charge < -0.3 is 10.1 Å². The minimum Gasteiger partial charge on any atom is -0.497 e. The van der Waals surface area contributed by atoms with Crippen LogP contribution < -0.4 is 10.1 Å². The van der Waals surface area contributed by atoms with Gasteiger partial charge in [0, 0.05) is 17.1 Å². The monoisotopic (exact) mass is 393 g/mol. The van der Waals surface area contributed by atoms with Crippen LogP contribution >= 0.6 is 11.6 Å². The predicted molar refractivity (Wildman–Crippen MR) is 110 cm³/mol. The highest BCUT2D eigenvalue weighted by atomic mass is 35.5. The number of rotatable bonds is 4. The predicted octanol–water partition coefficient (Wildman–Crippen LogP) is 5.10. The highest BCUT2D eigenvalue weighted by Crippen LogP contribution is 2.34. The van der Waals surface area contributed by atoms with Crippen molar-refractivity contribution in [1.82, 2.24) is 9.97 Å². The SMILES string of the molecule is COc1ccc(Nc2nc(C)c3c(n2)C[C@H](c2ccc(Cl)cc2)CC3=O)cc1. The molecule has 5 nitrogen and oxygen atoms in total. The molecule has 1 aromatic heterocycles. The Hall–Kier alpha value is -2.92. The Morgan fingerprint density at radius 2 is 1.75 bits per heavy atom. The third-order valence-electron chi connectivity index (χ3n) is 5.00. The summed E-state index contributed by atoms with van der Waals surface area (Å²) in [7, 11) is 1.63. The fraction of sp³-hybridized carbons (Fsp3) is 0.227. The van der Waals surface area contributed by atoms with Crippen molar-refractivity contribution in [2.24, 2.45) is 0 Å². The molecule has 1 N–H and O–H groups in total. The van der Waals surface area contributed by atoms with Gasteiger partial charge in [-0.15, -0.1) is 0 Å². The van der Waals surface area contributed by atoms with Gasteiger partial charge in [0.2, 0.25) is 5.95 Å². The summed E-state index contributed by atoms with van der Waals surface area (Å²) in [6, 6.07) is 15.2. The molecular formula is C22H20ClN3O2. The number of fused-ring (bicyclic) bond motifs is 1. The fourth-order valence-electron chi connectivity index (χ4n) is 3.60. The van der Waals surface area contributed by atoms with Crippen molar-refractivity contribution in [3.63, 3.8) is 0 Å². The summed E-state index contributed by atoms with van der Waals surface area (Å²) in [5.41, 5.74) is 4.12. The van der Waals surface area contributed by atoms with Crippen LogP contribution in [-0.2, 0) is 6.42 Å². The molecule has 2 aromatic carbocycles. The summed E-state index contributed by atoms with van der Waals surface area (Å²) in [5, 5.41) is 3.91. The van der Waals surface area contributed by atoms with E-state index in [1.54, 1.807) is 7.11 Å². The fourth-order valence-corrected chi connectivity index (χ4v) is 3.73. The molecule has 0 amide bonds. The molecule has 0 bridgehead atoms. The minimum atomic E-state index is 0.0923. The van der Waals surface area contributed by atoms with Gasteiger partial charge in [-0.2, -0.15) is 0 Å². The normalized spacial score (nSPS) is 15.8. The summed E-state index contributed by atoms with van der Waals surface area (Å²) in [4.78, 5) is 21.9. The third kappa shape index (κ3) is 3.71. The lowest BCUT2D eigenvalue weighted by Gasteiger charge is -2.24. The molecule has 0 unspecified atom stereocenters. The Morgan fingerprint density at radius 1 is 1.04 bits per heavy atom. The Balaban J connectivity index is 1.63. The van der Waals surface area contributed by atoms with E-state index in [4.69, 9.17) is 16.3 Å². The maximum atomic E-state index is 12.8. The van der Waals surface area contributed by atoms with E-state index >= 15 is 0 Å². The second kappa shape index (κ2) is 7.60. The molecular weight excluding hydrogens is 374 g/mol. The van der Waals surface area contributed by atoms with Crippen LogP contribution in [0.2, 0.25) is 5.02 Å². The molecule has 0 aliphatic heterocycles. The molecule has 1 atom stereocenters. The number of hydrogen-bond donors (Lipinski definition) is 1. The number of benzene rings is 2. The van der Waals surface area contributed by atoms with Crippen molar-refractivity contribution in [1.29, 1.82) is 0 Å². The molecule has 0 saturated carbocycles. The summed E-state index contributed by atoms with van der Waals surface area (Å²) >= 11 is 5.99. The summed E-state index contributed by atoms with van der Waals surface area (Å²) < 4.78 is 5.18. The molecule has 0 fully saturated rings. The molecule has 0 saturated heterocycles. The van der Waals surface area contributed by atoms with Gasteiger partial charge in [-0.25, -0.2) is 9.97 Å². The molecule has 3 aromatic rings. The van der Waals surface area contributed by atoms with E-state index in [0.717, 1.165) is 22.7 Å².